The molecule has 1 aromatic rings. The fourth-order valence-corrected chi connectivity index (χ4v) is 3.20. The maximum atomic E-state index is 12.2. The van der Waals surface area contributed by atoms with Crippen LogP contribution in [0.4, 0.5) is 10.5 Å². The molecule has 5 heteroatoms. The molecule has 0 saturated heterocycles. The number of amides is 2. The highest BCUT2D eigenvalue weighted by Crippen LogP contribution is 2.26. The normalized spacial score (nSPS) is 21.0. The van der Waals surface area contributed by atoms with E-state index in [2.05, 4.69) is 29.6 Å². The molecule has 2 N–H and O–H groups in total. The zero-order valence-electron chi connectivity index (χ0n) is 14.5. The van der Waals surface area contributed by atoms with Gasteiger partial charge in [0.25, 0.3) is 0 Å². The van der Waals surface area contributed by atoms with Crippen LogP contribution in [0.15, 0.2) is 24.3 Å². The molecule has 0 atom stereocenters. The third-order valence-corrected chi connectivity index (χ3v) is 4.24. The van der Waals surface area contributed by atoms with Crippen LogP contribution in [0.25, 0.3) is 0 Å². The third-order valence-electron chi connectivity index (χ3n) is 4.24. The second kappa shape index (κ2) is 8.77. The summed E-state index contributed by atoms with van der Waals surface area (Å²) in [6.07, 6.45) is 4.47. The van der Waals surface area contributed by atoms with Crippen LogP contribution < -0.4 is 15.4 Å². The summed E-state index contributed by atoms with van der Waals surface area (Å²) < 4.78 is 5.53. The van der Waals surface area contributed by atoms with Crippen molar-refractivity contribution in [1.82, 2.24) is 10.2 Å². The number of ether oxygens (including phenoxy) is 1. The van der Waals surface area contributed by atoms with E-state index in [0.29, 0.717) is 18.0 Å². The predicted molar refractivity (Wildman–Crippen MR) is 94.1 cm³/mol. The number of nitrogens with zero attached hydrogens (tertiary/aromatic N) is 1. The van der Waals surface area contributed by atoms with Crippen molar-refractivity contribution in [1.29, 1.82) is 0 Å². The fourth-order valence-electron chi connectivity index (χ4n) is 3.20. The molecule has 0 bridgehead atoms. The van der Waals surface area contributed by atoms with Crippen molar-refractivity contribution in [3.05, 3.63) is 24.3 Å². The number of nitrogens with one attached hydrogen (secondary N) is 2. The lowest BCUT2D eigenvalue weighted by Gasteiger charge is -2.30. The summed E-state index contributed by atoms with van der Waals surface area (Å²) >= 11 is 0. The Morgan fingerprint density at radius 3 is 2.57 bits per heavy atom. The molecule has 5 nitrogen and oxygen atoms in total. The molecule has 1 aliphatic carbocycles. The van der Waals surface area contributed by atoms with E-state index in [0.717, 1.165) is 25.3 Å². The van der Waals surface area contributed by atoms with Crippen molar-refractivity contribution >= 4 is 11.7 Å². The molecule has 0 unspecified atom stereocenters. The second-order valence-electron chi connectivity index (χ2n) is 6.51. The molecule has 0 aliphatic heterocycles. The van der Waals surface area contributed by atoms with E-state index in [9.17, 15) is 4.79 Å². The summed E-state index contributed by atoms with van der Waals surface area (Å²) in [6, 6.07) is 7.65. The largest absolute Gasteiger partial charge is 0.492 e. The Hall–Kier alpha value is -1.75. The van der Waals surface area contributed by atoms with Crippen molar-refractivity contribution in [3.8, 4) is 5.75 Å². The van der Waals surface area contributed by atoms with Gasteiger partial charge in [-0.1, -0.05) is 12.1 Å². The molecule has 1 saturated carbocycles. The van der Waals surface area contributed by atoms with E-state index in [1.54, 1.807) is 0 Å². The zero-order valence-corrected chi connectivity index (χ0v) is 14.5. The quantitative estimate of drug-likeness (QED) is 0.845. The van der Waals surface area contributed by atoms with Crippen LogP contribution in [-0.4, -0.2) is 44.2 Å². The maximum Gasteiger partial charge on any atom is 0.319 e. The highest BCUT2D eigenvalue weighted by molar-refractivity contribution is 5.91. The Balaban J connectivity index is 1.80. The van der Waals surface area contributed by atoms with Crippen LogP contribution in [0.5, 0.6) is 5.75 Å². The summed E-state index contributed by atoms with van der Waals surface area (Å²) in [5, 5.41) is 5.99. The van der Waals surface area contributed by atoms with Gasteiger partial charge in [0, 0.05) is 12.6 Å². The molecule has 2 rings (SSSR count). The number of benzene rings is 1. The molecule has 0 aromatic heterocycles. The lowest BCUT2D eigenvalue weighted by Crippen LogP contribution is -2.41. The fraction of sp³-hybridized carbons (Fsp3) is 0.611. The van der Waals surface area contributed by atoms with Gasteiger partial charge in [-0.25, -0.2) is 4.79 Å². The van der Waals surface area contributed by atoms with E-state index in [4.69, 9.17) is 4.74 Å². The predicted octanol–water partition coefficient (Wildman–Crippen LogP) is 3.33. The van der Waals surface area contributed by atoms with Gasteiger partial charge >= 0.3 is 6.03 Å². The average Bonchev–Trinajstić information content (AvgIpc) is 2.51. The minimum Gasteiger partial charge on any atom is -0.492 e. The Morgan fingerprint density at radius 1 is 1.22 bits per heavy atom. The van der Waals surface area contributed by atoms with Crippen LogP contribution in [0.2, 0.25) is 0 Å². The standard InChI is InChI=1S/C18H29N3O2/c1-4-23-17-8-6-5-7-16(17)20-18(22)19-15-11-9-14(10-12-15)13-21(2)3/h5-8,14-15H,4,9-13H2,1-3H3,(H2,19,20,22). The van der Waals surface area contributed by atoms with Crippen molar-refractivity contribution < 1.29 is 9.53 Å². The van der Waals surface area contributed by atoms with Crippen molar-refractivity contribution in [2.24, 2.45) is 5.92 Å². The second-order valence-corrected chi connectivity index (χ2v) is 6.51. The summed E-state index contributed by atoms with van der Waals surface area (Å²) in [6.45, 7) is 3.65. The Morgan fingerprint density at radius 2 is 1.91 bits per heavy atom. The SMILES string of the molecule is CCOc1ccccc1NC(=O)NC1CCC(CN(C)C)CC1. The van der Waals surface area contributed by atoms with Gasteiger partial charge in [0.05, 0.1) is 12.3 Å². The van der Waals surface area contributed by atoms with Gasteiger partial charge in [0.15, 0.2) is 0 Å². The number of carbonyl (C=O) groups is 1. The van der Waals surface area contributed by atoms with E-state index in [-0.39, 0.29) is 12.1 Å². The number of hydrogen-bond acceptors (Lipinski definition) is 3. The topological polar surface area (TPSA) is 53.6 Å². The first-order valence-corrected chi connectivity index (χ1v) is 8.52. The minimum atomic E-state index is -0.145. The molecule has 2 amide bonds. The molecule has 23 heavy (non-hydrogen) atoms. The molecule has 128 valence electrons. The van der Waals surface area contributed by atoms with Gasteiger partial charge in [0.1, 0.15) is 5.75 Å². The highest BCUT2D eigenvalue weighted by Gasteiger charge is 2.22. The summed E-state index contributed by atoms with van der Waals surface area (Å²) in [4.78, 5) is 14.5. The zero-order chi connectivity index (χ0) is 16.7. The maximum absolute atomic E-state index is 12.2. The molecule has 1 fully saturated rings. The van der Waals surface area contributed by atoms with Crippen LogP contribution in [-0.2, 0) is 0 Å². The third kappa shape index (κ3) is 5.75. The first-order valence-electron chi connectivity index (χ1n) is 8.52. The molecule has 1 aliphatic rings. The van der Waals surface area contributed by atoms with Gasteiger partial charge in [-0.15, -0.1) is 0 Å². The van der Waals surface area contributed by atoms with Gasteiger partial charge in [0.2, 0.25) is 0 Å². The van der Waals surface area contributed by atoms with Gasteiger partial charge in [-0.05, 0) is 64.8 Å². The highest BCUT2D eigenvalue weighted by atomic mass is 16.5. The van der Waals surface area contributed by atoms with E-state index < -0.39 is 0 Å². The number of para-hydroxylation sites is 2. The first-order chi connectivity index (χ1) is 11.1. The van der Waals surface area contributed by atoms with Crippen molar-refractivity contribution in [3.63, 3.8) is 0 Å². The number of anilines is 1. The molecular formula is C18H29N3O2. The number of hydrogen-bond donors (Lipinski definition) is 2. The molecule has 1 aromatic carbocycles. The van der Waals surface area contributed by atoms with Gasteiger partial charge in [-0.2, -0.15) is 0 Å². The van der Waals surface area contributed by atoms with Crippen LogP contribution in [0.3, 0.4) is 0 Å². The Kier molecular flexibility index (Phi) is 6.71. The van der Waals surface area contributed by atoms with Crippen LogP contribution in [0, 0.1) is 5.92 Å². The lowest BCUT2D eigenvalue weighted by atomic mass is 9.86. The monoisotopic (exact) mass is 319 g/mol. The van der Waals surface area contributed by atoms with Gasteiger partial charge < -0.3 is 20.3 Å². The number of carbonyl (C=O) groups excluding carboxylic acids is 1. The van der Waals surface area contributed by atoms with E-state index in [1.807, 2.05) is 31.2 Å². The van der Waals surface area contributed by atoms with Crippen molar-refractivity contribution in [2.45, 2.75) is 38.6 Å². The van der Waals surface area contributed by atoms with Crippen molar-refractivity contribution in [2.75, 3.05) is 32.6 Å². The average molecular weight is 319 g/mol. The van der Waals surface area contributed by atoms with Gasteiger partial charge in [-0.3, -0.25) is 0 Å². The van der Waals surface area contributed by atoms with E-state index in [1.165, 1.54) is 12.8 Å². The van der Waals surface area contributed by atoms with Crippen LogP contribution in [0.1, 0.15) is 32.6 Å². The minimum absolute atomic E-state index is 0.145. The Bertz CT molecular complexity index is 497. The molecule has 0 radical (unpaired) electrons. The first kappa shape index (κ1) is 17.6. The Labute approximate surface area is 139 Å². The van der Waals surface area contributed by atoms with E-state index >= 15 is 0 Å². The summed E-state index contributed by atoms with van der Waals surface area (Å²) in [5.74, 6) is 1.46. The van der Waals surface area contributed by atoms with Crippen LogP contribution >= 0.6 is 0 Å². The molecular weight excluding hydrogens is 290 g/mol. The summed E-state index contributed by atoms with van der Waals surface area (Å²) in [5.41, 5.74) is 0.716. The number of urea groups is 1. The molecule has 0 heterocycles. The smallest absolute Gasteiger partial charge is 0.319 e. The number of rotatable bonds is 6. The molecule has 0 spiro atoms. The lowest BCUT2D eigenvalue weighted by molar-refractivity contribution is 0.223. The summed E-state index contributed by atoms with van der Waals surface area (Å²) in [7, 11) is 4.24.